The van der Waals surface area contributed by atoms with E-state index in [1.165, 1.54) is 43.7 Å². The molecule has 2 saturated heterocycles. The molecule has 6 rings (SSSR count). The number of aliphatic hydroxyl groups excluding tert-OH is 1. The third kappa shape index (κ3) is 21.2. The van der Waals surface area contributed by atoms with E-state index in [9.17, 15) is 57.8 Å². The summed E-state index contributed by atoms with van der Waals surface area (Å²) in [6, 6.07) is 1.70. The zero-order valence-electron chi connectivity index (χ0n) is 51.6. The molecule has 10 amide bonds. The minimum Gasteiger partial charge on any atom is -0.427 e. The third-order valence-electron chi connectivity index (χ3n) is 15.3. The Morgan fingerprint density at radius 3 is 1.86 bits per heavy atom. The number of benzene rings is 2. The number of imidazole rings is 1. The van der Waals surface area contributed by atoms with Gasteiger partial charge < -0.3 is 73.4 Å². The molecule has 0 saturated carbocycles. The number of esters is 1. The van der Waals surface area contributed by atoms with Crippen LogP contribution in [0.25, 0.3) is 10.9 Å². The molecule has 90 heavy (non-hydrogen) atoms. The number of hydrogen-bond donors (Lipinski definition) is 15. The zero-order valence-corrected chi connectivity index (χ0v) is 51.6. The Bertz CT molecular complexity index is 3170. The highest BCUT2D eigenvalue weighted by atomic mass is 16.5. The van der Waals surface area contributed by atoms with Gasteiger partial charge in [0.1, 0.15) is 54.1 Å². The number of aliphatic hydroxyl groups is 1. The molecule has 0 spiro atoms. The van der Waals surface area contributed by atoms with Crippen LogP contribution in [0, 0.1) is 17.2 Å². The number of aromatic nitrogens is 3. The summed E-state index contributed by atoms with van der Waals surface area (Å²) in [5.41, 5.74) is 7.56. The van der Waals surface area contributed by atoms with Crippen LogP contribution in [0.3, 0.4) is 0 Å². The third-order valence-corrected chi connectivity index (χ3v) is 15.3. The van der Waals surface area contributed by atoms with E-state index in [0.29, 0.717) is 47.2 Å². The molecule has 0 radical (unpaired) electrons. The van der Waals surface area contributed by atoms with Crippen LogP contribution in [-0.4, -0.2) is 177 Å². The van der Waals surface area contributed by atoms with Crippen LogP contribution < -0.4 is 63.6 Å². The van der Waals surface area contributed by atoms with E-state index in [1.807, 2.05) is 25.7 Å². The van der Waals surface area contributed by atoms with E-state index in [-0.39, 0.29) is 93.8 Å². The Labute approximate surface area is 521 Å². The number of carbonyl (C=O) groups excluding carboxylic acids is 11. The lowest BCUT2D eigenvalue weighted by atomic mass is 9.98. The molecule has 0 unspecified atom stereocenters. The van der Waals surface area contributed by atoms with Crippen LogP contribution in [0.15, 0.2) is 67.3 Å². The number of hydrogen-bond acceptors (Lipinski definition) is 16. The molecule has 2 fully saturated rings. The fourth-order valence-electron chi connectivity index (χ4n) is 10.8. The number of fused-ring (bicyclic) bond motifs is 1. The van der Waals surface area contributed by atoms with Crippen molar-refractivity contribution in [3.63, 3.8) is 0 Å². The van der Waals surface area contributed by atoms with Crippen molar-refractivity contribution in [1.82, 2.24) is 73.0 Å². The second kappa shape index (κ2) is 33.9. The molecule has 4 heterocycles. The average Bonchev–Trinajstić information content (AvgIpc) is 2.55. The molecule has 16 N–H and O–H groups in total. The predicted octanol–water partition coefficient (Wildman–Crippen LogP) is -1.01. The maximum absolute atomic E-state index is 14.8. The van der Waals surface area contributed by atoms with E-state index >= 15 is 0 Å². The van der Waals surface area contributed by atoms with Crippen molar-refractivity contribution in [2.45, 2.75) is 167 Å². The monoisotopic (exact) mass is 1250 g/mol. The number of H-pyrrole nitrogens is 2. The summed E-state index contributed by atoms with van der Waals surface area (Å²) < 4.78 is 5.19. The minimum absolute atomic E-state index is 0.0137. The van der Waals surface area contributed by atoms with Gasteiger partial charge in [0.15, 0.2) is 5.96 Å². The van der Waals surface area contributed by atoms with E-state index in [4.69, 9.17) is 15.9 Å². The summed E-state index contributed by atoms with van der Waals surface area (Å²) in [6.07, 6.45) is 5.91. The number of imide groups is 1. The molecule has 4 aromatic rings. The van der Waals surface area contributed by atoms with Gasteiger partial charge in [-0.1, -0.05) is 65.0 Å². The number of nitrogens with zero attached hydrogens (tertiary/aromatic N) is 2. The number of aromatic amines is 2. The normalized spacial score (nSPS) is 17.1. The molecule has 2 aromatic carbocycles. The molecule has 2 aliphatic heterocycles. The van der Waals surface area contributed by atoms with Crippen LogP contribution in [-0.2, 0) is 72.0 Å². The Hall–Kier alpha value is -9.25. The lowest BCUT2D eigenvalue weighted by Gasteiger charge is -2.29. The van der Waals surface area contributed by atoms with E-state index in [0.717, 1.165) is 6.42 Å². The molecule has 0 bridgehead atoms. The molecule has 29 heteroatoms. The Morgan fingerprint density at radius 1 is 0.711 bits per heavy atom. The van der Waals surface area contributed by atoms with Crippen LogP contribution in [0.5, 0.6) is 5.75 Å². The van der Waals surface area contributed by atoms with Crippen LogP contribution >= 0.6 is 0 Å². The van der Waals surface area contributed by atoms with Crippen molar-refractivity contribution in [1.29, 1.82) is 5.41 Å². The summed E-state index contributed by atoms with van der Waals surface area (Å²) in [4.78, 5) is 164. The number of ether oxygens (including phenoxy) is 1. The SMILES string of the molecule is CCN1CCC[C@H]1C(=O)NC(=O)[C@H](CCCNC(=N)N)NC(=O)[C@H](CC(C)C)NC(=O)[C@@H](CC(C)C)NC(=O)[C@H](Cc1ccc(OC(C)=O)cc1)NC(=O)[C@H](CO)NC(=O)[C@H](Cc1c[nH]c2ccccc12)NC(=O)[C@H](Cc1c[nH]cn1)NC(=O)[C@@H]1CCC(=O)N1. The summed E-state index contributed by atoms with van der Waals surface area (Å²) in [6.45, 7) is 10.8. The van der Waals surface area contributed by atoms with E-state index in [2.05, 4.69) is 68.1 Å². The first-order valence-corrected chi connectivity index (χ1v) is 30.4. The number of para-hydroxylation sites is 1. The Morgan fingerprint density at radius 2 is 1.29 bits per heavy atom. The Balaban J connectivity index is 1.24. The lowest BCUT2D eigenvalue weighted by molar-refractivity contribution is -0.137. The van der Waals surface area contributed by atoms with Crippen LogP contribution in [0.1, 0.15) is 110 Å². The maximum atomic E-state index is 14.8. The zero-order chi connectivity index (χ0) is 65.6. The van der Waals surface area contributed by atoms with Gasteiger partial charge in [-0.3, -0.25) is 68.4 Å². The smallest absolute Gasteiger partial charge is 0.308 e. The van der Waals surface area contributed by atoms with Gasteiger partial charge in [-0.15, -0.1) is 0 Å². The summed E-state index contributed by atoms with van der Waals surface area (Å²) in [7, 11) is 0. The topological polar surface area (TPSA) is 435 Å². The predicted molar refractivity (Wildman–Crippen MR) is 329 cm³/mol. The fraction of sp³-hybridized carbons (Fsp3) is 0.525. The van der Waals surface area contributed by atoms with Crippen molar-refractivity contribution < 1.29 is 62.6 Å². The van der Waals surface area contributed by atoms with E-state index in [1.54, 1.807) is 44.3 Å². The van der Waals surface area contributed by atoms with E-state index < -0.39 is 120 Å². The van der Waals surface area contributed by atoms with Crippen LogP contribution in [0.2, 0.25) is 0 Å². The van der Waals surface area contributed by atoms with Crippen molar-refractivity contribution in [3.05, 3.63) is 84.1 Å². The van der Waals surface area contributed by atoms with Crippen LogP contribution in [0.4, 0.5) is 0 Å². The number of amides is 10. The fourth-order valence-corrected chi connectivity index (χ4v) is 10.8. The minimum atomic E-state index is -1.78. The summed E-state index contributed by atoms with van der Waals surface area (Å²) in [5.74, 6) is -8.73. The van der Waals surface area contributed by atoms with Gasteiger partial charge in [0, 0.05) is 62.4 Å². The number of likely N-dealkylation sites (tertiary alicyclic amines) is 1. The van der Waals surface area contributed by atoms with Crippen molar-refractivity contribution in [3.8, 4) is 5.75 Å². The molecule has 2 aromatic heterocycles. The number of likely N-dealkylation sites (N-methyl/N-ethyl adjacent to an activating group) is 1. The highest BCUT2D eigenvalue weighted by Crippen LogP contribution is 2.21. The van der Waals surface area contributed by atoms with Gasteiger partial charge in [-0.05, 0) is 99.2 Å². The lowest BCUT2D eigenvalue weighted by Crippen LogP contribution is -2.61. The molecule has 9 atom stereocenters. The first-order valence-electron chi connectivity index (χ1n) is 30.4. The largest absolute Gasteiger partial charge is 0.427 e. The molecule has 2 aliphatic rings. The first-order chi connectivity index (χ1) is 42.9. The second-order valence-corrected chi connectivity index (χ2v) is 23.4. The quantitative estimate of drug-likeness (QED) is 0.00893. The number of nitrogens with two attached hydrogens (primary N) is 1. The molecule has 0 aliphatic carbocycles. The molecule has 29 nitrogen and oxygen atoms in total. The van der Waals surface area contributed by atoms with Gasteiger partial charge in [-0.2, -0.15) is 0 Å². The van der Waals surface area contributed by atoms with Crippen molar-refractivity contribution in [2.24, 2.45) is 17.6 Å². The highest BCUT2D eigenvalue weighted by Gasteiger charge is 2.38. The Kier molecular flexibility index (Phi) is 26.3. The highest BCUT2D eigenvalue weighted by molar-refractivity contribution is 6.02. The van der Waals surface area contributed by atoms with Gasteiger partial charge >= 0.3 is 5.97 Å². The van der Waals surface area contributed by atoms with Gasteiger partial charge in [0.25, 0.3) is 0 Å². The maximum Gasteiger partial charge on any atom is 0.308 e. The van der Waals surface area contributed by atoms with Gasteiger partial charge in [0.2, 0.25) is 59.1 Å². The average molecular weight is 1250 g/mol. The van der Waals surface area contributed by atoms with Crippen molar-refractivity contribution >= 4 is 81.9 Å². The van der Waals surface area contributed by atoms with Gasteiger partial charge in [0.05, 0.1) is 24.7 Å². The van der Waals surface area contributed by atoms with Gasteiger partial charge in [-0.25, -0.2) is 4.98 Å². The number of nitrogens with one attached hydrogen (secondary N) is 13. The molecule has 488 valence electrons. The second-order valence-electron chi connectivity index (χ2n) is 23.4. The standard InChI is InChI=1S/C61H86N16O13/c1-7-77-23-11-15-50(77)60(89)76-53(82)42(14-10-22-65-61(62)63)69-54(83)44(24-33(2)3)70-55(84)45(25-34(4)5)71-56(85)46(26-36-16-18-39(19-17-36)90-35(6)79)72-59(88)49(31-78)75-57(86)47(27-37-29-66-41-13-9-8-12-40(37)41)73-58(87)48(28-38-30-64-32-67-38)74-52(81)43-20-21-51(80)68-43/h8-9,12-13,16-19,29-30,32-34,42-50,66,78H,7,10-11,14-15,20-28,31H2,1-6H3,(H,64,67)(H,68,80)(H,69,83)(H,70,84)(H,71,85)(H,72,88)(H,73,87)(H,74,81)(H,75,86)(H4,62,63,65)(H,76,82,89)/t42-,43-,44-,45+,46-,47-,48-,49-,50-/m0/s1. The number of guanidine groups is 1. The number of carbonyl (C=O) groups is 11. The molecular formula is C61H86N16O13. The summed E-state index contributed by atoms with van der Waals surface area (Å²) in [5, 5.41) is 45.5. The number of rotatable bonds is 33. The summed E-state index contributed by atoms with van der Waals surface area (Å²) >= 11 is 0. The first kappa shape index (κ1) is 69.8. The van der Waals surface area contributed by atoms with Crippen molar-refractivity contribution in [2.75, 3.05) is 26.2 Å². The molecular weight excluding hydrogens is 1160 g/mol.